The minimum atomic E-state index is -0.410. The highest BCUT2D eigenvalue weighted by atomic mass is 16.4. The molecule has 3 heteroatoms. The summed E-state index contributed by atoms with van der Waals surface area (Å²) in [4.78, 5) is 13.4. The number of nitrogens with one attached hydrogen (secondary N) is 1. The van der Waals surface area contributed by atoms with Gasteiger partial charge in [0.2, 0.25) is 0 Å². The number of aromatic nitrogens is 1. The average Bonchev–Trinajstić information content (AvgIpc) is 2.44. The number of H-pyrrole nitrogens is 1. The van der Waals surface area contributed by atoms with E-state index in [-0.39, 0.29) is 0 Å². The molecule has 1 heterocycles. The van der Waals surface area contributed by atoms with Crippen LogP contribution in [-0.4, -0.2) is 4.98 Å². The van der Waals surface area contributed by atoms with Crippen molar-refractivity contribution in [3.8, 4) is 0 Å². The first kappa shape index (κ1) is 7.86. The maximum Gasteiger partial charge on any atom is 0.417 e. The van der Waals surface area contributed by atoms with E-state index in [0.29, 0.717) is 5.58 Å². The highest BCUT2D eigenvalue weighted by Crippen LogP contribution is 2.13. The van der Waals surface area contributed by atoms with Crippen LogP contribution in [0.1, 0.15) is 12.5 Å². The molecular formula is C10H9NO2. The molecule has 0 aliphatic carbocycles. The Morgan fingerprint density at radius 1 is 1.46 bits per heavy atom. The van der Waals surface area contributed by atoms with Gasteiger partial charge in [-0.2, -0.15) is 0 Å². The smallest absolute Gasteiger partial charge is 0.408 e. The van der Waals surface area contributed by atoms with Gasteiger partial charge >= 0.3 is 5.76 Å². The number of aromatic amines is 1. The lowest BCUT2D eigenvalue weighted by atomic mass is 10.2. The van der Waals surface area contributed by atoms with E-state index in [0.717, 1.165) is 11.1 Å². The van der Waals surface area contributed by atoms with E-state index in [4.69, 9.17) is 4.42 Å². The lowest BCUT2D eigenvalue weighted by Gasteiger charge is -1.90. The summed E-state index contributed by atoms with van der Waals surface area (Å²) in [5, 5.41) is 0. The molecule has 0 atom stereocenters. The van der Waals surface area contributed by atoms with Crippen LogP contribution in [0.4, 0.5) is 0 Å². The minimum Gasteiger partial charge on any atom is -0.408 e. The monoisotopic (exact) mass is 175 g/mol. The molecule has 1 aromatic carbocycles. The molecule has 2 aromatic rings. The third-order valence-corrected chi connectivity index (χ3v) is 1.80. The first-order chi connectivity index (χ1) is 6.29. The van der Waals surface area contributed by atoms with Gasteiger partial charge in [0.25, 0.3) is 0 Å². The van der Waals surface area contributed by atoms with Crippen LogP contribution >= 0.6 is 0 Å². The van der Waals surface area contributed by atoms with Crippen molar-refractivity contribution in [1.82, 2.24) is 4.98 Å². The first-order valence-electron chi connectivity index (χ1n) is 4.05. The fraction of sp³-hybridized carbons (Fsp3) is 0.100. The van der Waals surface area contributed by atoms with Crippen molar-refractivity contribution in [3.05, 3.63) is 40.4 Å². The number of benzene rings is 1. The van der Waals surface area contributed by atoms with E-state index in [2.05, 4.69) is 4.98 Å². The Hall–Kier alpha value is -1.77. The third-order valence-electron chi connectivity index (χ3n) is 1.80. The van der Waals surface area contributed by atoms with Gasteiger partial charge in [-0.3, -0.25) is 4.98 Å². The zero-order valence-corrected chi connectivity index (χ0v) is 7.20. The highest BCUT2D eigenvalue weighted by Gasteiger charge is 1.99. The number of rotatable bonds is 1. The quantitative estimate of drug-likeness (QED) is 0.721. The number of hydrogen-bond donors (Lipinski definition) is 1. The summed E-state index contributed by atoms with van der Waals surface area (Å²) >= 11 is 0. The lowest BCUT2D eigenvalue weighted by molar-refractivity contribution is 0.555. The Bertz CT molecular complexity index is 505. The van der Waals surface area contributed by atoms with Crippen molar-refractivity contribution < 1.29 is 4.42 Å². The van der Waals surface area contributed by atoms with Gasteiger partial charge in [-0.25, -0.2) is 4.79 Å². The first-order valence-corrected chi connectivity index (χ1v) is 4.05. The van der Waals surface area contributed by atoms with Crippen LogP contribution in [0.2, 0.25) is 0 Å². The molecule has 0 saturated carbocycles. The van der Waals surface area contributed by atoms with Gasteiger partial charge in [-0.05, 0) is 24.6 Å². The summed E-state index contributed by atoms with van der Waals surface area (Å²) < 4.78 is 4.91. The molecular weight excluding hydrogens is 166 g/mol. The standard InChI is InChI=1S/C10H9NO2/c1-2-3-7-4-5-8-9(6-7)13-10(12)11-8/h2-6H,1H3,(H,11,12)/b3-2+. The molecule has 0 bridgehead atoms. The molecule has 13 heavy (non-hydrogen) atoms. The Morgan fingerprint density at radius 3 is 3.08 bits per heavy atom. The maximum absolute atomic E-state index is 10.8. The number of hydrogen-bond acceptors (Lipinski definition) is 2. The molecule has 66 valence electrons. The zero-order chi connectivity index (χ0) is 9.26. The minimum absolute atomic E-state index is 0.410. The fourth-order valence-electron chi connectivity index (χ4n) is 1.26. The van der Waals surface area contributed by atoms with E-state index in [9.17, 15) is 4.79 Å². The third kappa shape index (κ3) is 1.40. The zero-order valence-electron chi connectivity index (χ0n) is 7.20. The van der Waals surface area contributed by atoms with Gasteiger partial charge in [0.05, 0.1) is 5.52 Å². The molecule has 0 spiro atoms. The second-order valence-electron chi connectivity index (χ2n) is 2.77. The molecule has 2 rings (SSSR count). The predicted octanol–water partition coefficient (Wildman–Crippen LogP) is 2.15. The van der Waals surface area contributed by atoms with Gasteiger partial charge in [0.1, 0.15) is 0 Å². The summed E-state index contributed by atoms with van der Waals surface area (Å²) in [6, 6.07) is 5.58. The second-order valence-corrected chi connectivity index (χ2v) is 2.77. The van der Waals surface area contributed by atoms with Gasteiger partial charge in [-0.1, -0.05) is 18.2 Å². The van der Waals surface area contributed by atoms with E-state index in [1.807, 2.05) is 37.3 Å². The number of allylic oxidation sites excluding steroid dienone is 1. The Labute approximate surface area is 74.7 Å². The summed E-state index contributed by atoms with van der Waals surface area (Å²) in [6.07, 6.45) is 3.89. The Balaban J connectivity index is 2.67. The highest BCUT2D eigenvalue weighted by molar-refractivity contribution is 5.75. The van der Waals surface area contributed by atoms with Crippen molar-refractivity contribution in [2.24, 2.45) is 0 Å². The average molecular weight is 175 g/mol. The largest absolute Gasteiger partial charge is 0.417 e. The van der Waals surface area contributed by atoms with Gasteiger partial charge in [0.15, 0.2) is 5.58 Å². The van der Waals surface area contributed by atoms with Gasteiger partial charge < -0.3 is 4.42 Å². The summed E-state index contributed by atoms with van der Waals surface area (Å²) in [5.41, 5.74) is 2.36. The molecule has 0 amide bonds. The number of fused-ring (bicyclic) bond motifs is 1. The summed E-state index contributed by atoms with van der Waals surface area (Å²) in [7, 11) is 0. The summed E-state index contributed by atoms with van der Waals surface area (Å²) in [5.74, 6) is -0.410. The normalized spacial score (nSPS) is 11.5. The molecule has 0 unspecified atom stereocenters. The predicted molar refractivity (Wildman–Crippen MR) is 51.5 cm³/mol. The Kier molecular flexibility index (Phi) is 1.77. The SMILES string of the molecule is C/C=C/c1ccc2[nH]c(=O)oc2c1. The van der Waals surface area contributed by atoms with Crippen LogP contribution in [0.25, 0.3) is 17.2 Å². The van der Waals surface area contributed by atoms with Crippen LogP contribution in [0, 0.1) is 0 Å². The van der Waals surface area contributed by atoms with Crippen LogP contribution in [0.15, 0.2) is 33.5 Å². The van der Waals surface area contributed by atoms with Crippen molar-refractivity contribution >= 4 is 17.2 Å². The molecule has 1 aromatic heterocycles. The van der Waals surface area contributed by atoms with E-state index < -0.39 is 5.76 Å². The molecule has 0 radical (unpaired) electrons. The molecule has 0 aliphatic heterocycles. The van der Waals surface area contributed by atoms with E-state index >= 15 is 0 Å². The molecule has 0 saturated heterocycles. The van der Waals surface area contributed by atoms with E-state index in [1.54, 1.807) is 0 Å². The topological polar surface area (TPSA) is 46.0 Å². The summed E-state index contributed by atoms with van der Waals surface area (Å²) in [6.45, 7) is 1.94. The van der Waals surface area contributed by atoms with Crippen LogP contribution in [-0.2, 0) is 0 Å². The molecule has 0 aliphatic rings. The fourth-order valence-corrected chi connectivity index (χ4v) is 1.26. The van der Waals surface area contributed by atoms with E-state index in [1.165, 1.54) is 0 Å². The van der Waals surface area contributed by atoms with Crippen LogP contribution in [0.3, 0.4) is 0 Å². The van der Waals surface area contributed by atoms with Crippen molar-refractivity contribution in [2.75, 3.05) is 0 Å². The maximum atomic E-state index is 10.8. The van der Waals surface area contributed by atoms with Crippen molar-refractivity contribution in [3.63, 3.8) is 0 Å². The molecule has 0 fully saturated rings. The number of oxazole rings is 1. The van der Waals surface area contributed by atoms with Crippen LogP contribution in [0.5, 0.6) is 0 Å². The Morgan fingerprint density at radius 2 is 2.31 bits per heavy atom. The van der Waals surface area contributed by atoms with Crippen molar-refractivity contribution in [1.29, 1.82) is 0 Å². The molecule has 3 nitrogen and oxygen atoms in total. The lowest BCUT2D eigenvalue weighted by Crippen LogP contribution is -1.92. The van der Waals surface area contributed by atoms with Crippen LogP contribution < -0.4 is 5.76 Å². The second kappa shape index (κ2) is 2.94. The van der Waals surface area contributed by atoms with Gasteiger partial charge in [-0.15, -0.1) is 0 Å². The molecule has 1 N–H and O–H groups in total. The van der Waals surface area contributed by atoms with Gasteiger partial charge in [0, 0.05) is 0 Å². The van der Waals surface area contributed by atoms with Crippen molar-refractivity contribution in [2.45, 2.75) is 6.92 Å².